The van der Waals surface area contributed by atoms with Crippen LogP contribution in [-0.4, -0.2) is 28.2 Å². The van der Waals surface area contributed by atoms with Gasteiger partial charge in [-0.05, 0) is 23.1 Å². The van der Waals surface area contributed by atoms with E-state index < -0.39 is 10.9 Å². The number of thioether (sulfide) groups is 1. The second-order valence-electron chi connectivity index (χ2n) is 6.59. The highest BCUT2D eigenvalue weighted by molar-refractivity contribution is 8.18. The molecule has 0 radical (unpaired) electrons. The lowest BCUT2D eigenvalue weighted by molar-refractivity contribution is -0.384. The molecule has 3 aromatic rings. The van der Waals surface area contributed by atoms with Crippen molar-refractivity contribution in [1.82, 2.24) is 0 Å². The summed E-state index contributed by atoms with van der Waals surface area (Å²) < 4.78 is 4.84. The van der Waals surface area contributed by atoms with Gasteiger partial charge in [0.1, 0.15) is 16.4 Å². The fraction of sp³-hybridized carbons (Fsp3) is 0.0435. The van der Waals surface area contributed by atoms with Gasteiger partial charge in [-0.25, -0.2) is 9.79 Å². The van der Waals surface area contributed by atoms with Crippen molar-refractivity contribution in [3.05, 3.63) is 98.6 Å². The first kappa shape index (κ1) is 20.4. The van der Waals surface area contributed by atoms with E-state index in [1.165, 1.54) is 19.2 Å². The third kappa shape index (κ3) is 4.06. The van der Waals surface area contributed by atoms with Crippen LogP contribution in [0.2, 0.25) is 0 Å². The van der Waals surface area contributed by atoms with Crippen molar-refractivity contribution in [2.45, 2.75) is 0 Å². The molecule has 0 aliphatic carbocycles. The lowest BCUT2D eigenvalue weighted by Crippen LogP contribution is -2.10. The second kappa shape index (κ2) is 8.45. The highest BCUT2D eigenvalue weighted by Gasteiger charge is 2.33. The van der Waals surface area contributed by atoms with Crippen LogP contribution >= 0.6 is 11.8 Å². The van der Waals surface area contributed by atoms with Gasteiger partial charge in [0, 0.05) is 17.5 Å². The first-order valence-electron chi connectivity index (χ1n) is 9.20. The summed E-state index contributed by atoms with van der Waals surface area (Å²) in [7, 11) is 1.23. The molecule has 1 aliphatic rings. The van der Waals surface area contributed by atoms with E-state index in [-0.39, 0.29) is 22.1 Å². The molecular weight excluding hydrogens is 416 g/mol. The summed E-state index contributed by atoms with van der Waals surface area (Å²) >= 11 is 1.10. The van der Waals surface area contributed by atoms with Crippen LogP contribution in [0, 0.1) is 10.1 Å². The van der Waals surface area contributed by atoms with E-state index in [9.17, 15) is 20.0 Å². The monoisotopic (exact) mass is 432 g/mol. The molecule has 7 nitrogen and oxygen atoms in total. The Balaban J connectivity index is 1.81. The van der Waals surface area contributed by atoms with E-state index in [0.29, 0.717) is 16.2 Å². The van der Waals surface area contributed by atoms with Gasteiger partial charge in [-0.3, -0.25) is 10.1 Å². The van der Waals surface area contributed by atoms with Crippen molar-refractivity contribution in [2.75, 3.05) is 7.11 Å². The smallest absolute Gasteiger partial charge is 0.344 e. The summed E-state index contributed by atoms with van der Waals surface area (Å²) in [6.07, 6.45) is 1.57. The largest absolute Gasteiger partial charge is 0.506 e. The molecule has 0 atom stereocenters. The Kier molecular flexibility index (Phi) is 5.55. The second-order valence-corrected chi connectivity index (χ2v) is 7.62. The normalized spacial score (nSPS) is 16.3. The fourth-order valence-electron chi connectivity index (χ4n) is 3.19. The van der Waals surface area contributed by atoms with E-state index in [1.54, 1.807) is 18.2 Å². The summed E-state index contributed by atoms with van der Waals surface area (Å²) in [6.45, 7) is 0. The van der Waals surface area contributed by atoms with Crippen molar-refractivity contribution < 1.29 is 19.6 Å². The van der Waals surface area contributed by atoms with Gasteiger partial charge < -0.3 is 9.84 Å². The van der Waals surface area contributed by atoms with Crippen molar-refractivity contribution in [3.8, 4) is 0 Å². The number of nitro groups is 1. The molecule has 0 aromatic heterocycles. The van der Waals surface area contributed by atoms with Gasteiger partial charge in [-0.15, -0.1) is 0 Å². The van der Waals surface area contributed by atoms with Crippen LogP contribution in [0.4, 0.5) is 11.4 Å². The molecule has 0 bridgehead atoms. The molecule has 31 heavy (non-hydrogen) atoms. The minimum atomic E-state index is -0.716. The SMILES string of the molecule is COC(=O)C1=C(O)/C(=C/c2cccc([N+](=O)[O-])c2)SC1=Nc1cccc2ccccc12. The number of rotatable bonds is 4. The van der Waals surface area contributed by atoms with Gasteiger partial charge in [0.2, 0.25) is 0 Å². The summed E-state index contributed by atoms with van der Waals surface area (Å²) in [5, 5.41) is 23.9. The van der Waals surface area contributed by atoms with Gasteiger partial charge in [0.15, 0.2) is 0 Å². The quantitative estimate of drug-likeness (QED) is 0.329. The molecule has 0 fully saturated rings. The Hall–Kier alpha value is -3.91. The number of aliphatic hydroxyl groups is 1. The molecule has 0 unspecified atom stereocenters. The van der Waals surface area contributed by atoms with E-state index in [1.807, 2.05) is 42.5 Å². The Bertz CT molecular complexity index is 1300. The number of nitrogens with zero attached hydrogens (tertiary/aromatic N) is 2. The fourth-order valence-corrected chi connectivity index (χ4v) is 4.21. The zero-order chi connectivity index (χ0) is 22.0. The molecule has 1 aliphatic heterocycles. The number of aliphatic hydroxyl groups excluding tert-OH is 1. The highest BCUT2D eigenvalue weighted by Crippen LogP contribution is 2.41. The summed E-state index contributed by atoms with van der Waals surface area (Å²) in [4.78, 5) is 27.9. The Morgan fingerprint density at radius 1 is 1.13 bits per heavy atom. The maximum absolute atomic E-state index is 12.4. The number of fused-ring (bicyclic) bond motifs is 1. The Morgan fingerprint density at radius 2 is 1.87 bits per heavy atom. The zero-order valence-electron chi connectivity index (χ0n) is 16.3. The Morgan fingerprint density at radius 3 is 2.65 bits per heavy atom. The number of aliphatic imine (C=N–C) groups is 1. The summed E-state index contributed by atoms with van der Waals surface area (Å²) in [5.41, 5.74) is 1.04. The van der Waals surface area contributed by atoms with Crippen molar-refractivity contribution in [2.24, 2.45) is 4.99 Å². The maximum atomic E-state index is 12.4. The predicted molar refractivity (Wildman–Crippen MR) is 121 cm³/mol. The minimum absolute atomic E-state index is 0.0443. The number of carbonyl (C=O) groups excluding carboxylic acids is 1. The molecule has 1 N–H and O–H groups in total. The number of nitro benzene ring substituents is 1. The lowest BCUT2D eigenvalue weighted by atomic mass is 10.1. The zero-order valence-corrected chi connectivity index (χ0v) is 17.1. The van der Waals surface area contributed by atoms with Crippen LogP contribution in [0.3, 0.4) is 0 Å². The van der Waals surface area contributed by atoms with Crippen LogP contribution in [-0.2, 0) is 9.53 Å². The van der Waals surface area contributed by atoms with Gasteiger partial charge >= 0.3 is 5.97 Å². The maximum Gasteiger partial charge on any atom is 0.344 e. The first-order chi connectivity index (χ1) is 15.0. The third-order valence-electron chi connectivity index (χ3n) is 4.65. The average molecular weight is 432 g/mol. The molecule has 0 amide bonds. The van der Waals surface area contributed by atoms with E-state index in [2.05, 4.69) is 4.99 Å². The predicted octanol–water partition coefficient (Wildman–Crippen LogP) is 5.55. The van der Waals surface area contributed by atoms with Crippen LogP contribution < -0.4 is 0 Å². The topological polar surface area (TPSA) is 102 Å². The van der Waals surface area contributed by atoms with Gasteiger partial charge in [-0.1, -0.05) is 60.3 Å². The minimum Gasteiger partial charge on any atom is -0.506 e. The number of carbonyl (C=O) groups is 1. The number of hydrogen-bond donors (Lipinski definition) is 1. The van der Waals surface area contributed by atoms with E-state index in [4.69, 9.17) is 4.74 Å². The standard InChI is InChI=1S/C23H16N2O5S/c1-30-23(27)20-21(26)19(13-14-6-4-9-16(12-14)25(28)29)31-22(20)24-18-11-5-8-15-7-2-3-10-17(15)18/h2-13,26H,1H3/b19-13-,24-22?. The lowest BCUT2D eigenvalue weighted by Gasteiger charge is -2.05. The number of hydrogen-bond acceptors (Lipinski definition) is 7. The molecule has 0 spiro atoms. The van der Waals surface area contributed by atoms with Crippen LogP contribution in [0.1, 0.15) is 5.56 Å². The average Bonchev–Trinajstić information content (AvgIpc) is 3.08. The number of benzene rings is 3. The molecule has 8 heteroatoms. The molecule has 4 rings (SSSR count). The summed E-state index contributed by atoms with van der Waals surface area (Å²) in [6, 6.07) is 19.4. The van der Waals surface area contributed by atoms with E-state index in [0.717, 1.165) is 22.5 Å². The molecular formula is C23H16N2O5S. The van der Waals surface area contributed by atoms with Crippen LogP contribution in [0.25, 0.3) is 16.8 Å². The number of methoxy groups -OCH3 is 1. The number of non-ortho nitro benzene ring substituents is 1. The molecule has 0 saturated heterocycles. The molecule has 1 heterocycles. The number of ether oxygens (including phenoxy) is 1. The molecule has 0 saturated carbocycles. The number of esters is 1. The van der Waals surface area contributed by atoms with Crippen molar-refractivity contribution in [3.63, 3.8) is 0 Å². The molecule has 3 aromatic carbocycles. The third-order valence-corrected chi connectivity index (χ3v) is 5.67. The van der Waals surface area contributed by atoms with Crippen LogP contribution in [0.15, 0.2) is 88.0 Å². The van der Waals surface area contributed by atoms with Crippen LogP contribution in [0.5, 0.6) is 0 Å². The van der Waals surface area contributed by atoms with Crippen molar-refractivity contribution >= 4 is 51.0 Å². The van der Waals surface area contributed by atoms with Crippen molar-refractivity contribution in [1.29, 1.82) is 0 Å². The Labute approximate surface area is 181 Å². The highest BCUT2D eigenvalue weighted by atomic mass is 32.2. The van der Waals surface area contributed by atoms with E-state index >= 15 is 0 Å². The van der Waals surface area contributed by atoms with Gasteiger partial charge in [0.25, 0.3) is 5.69 Å². The van der Waals surface area contributed by atoms with Gasteiger partial charge in [0.05, 0.1) is 22.6 Å². The van der Waals surface area contributed by atoms with Gasteiger partial charge in [-0.2, -0.15) is 0 Å². The first-order valence-corrected chi connectivity index (χ1v) is 10.0. The molecule has 154 valence electrons. The summed E-state index contributed by atoms with van der Waals surface area (Å²) in [5.74, 6) is -0.992.